The molecule has 0 unspecified atom stereocenters. The lowest BCUT2D eigenvalue weighted by Crippen LogP contribution is -2.23. The molecule has 2 aromatic rings. The first-order valence-corrected chi connectivity index (χ1v) is 8.61. The lowest BCUT2D eigenvalue weighted by atomic mass is 10.2. The number of methoxy groups -OCH3 is 1. The summed E-state index contributed by atoms with van der Waals surface area (Å²) in [4.78, 5) is 12.7. The van der Waals surface area contributed by atoms with E-state index < -0.39 is 0 Å². The number of hydrogen-bond acceptors (Lipinski definition) is 4. The van der Waals surface area contributed by atoms with Gasteiger partial charge in [-0.3, -0.25) is 4.79 Å². The summed E-state index contributed by atoms with van der Waals surface area (Å²) in [5.74, 6) is -0.129. The van der Waals surface area contributed by atoms with E-state index in [9.17, 15) is 4.79 Å². The zero-order valence-corrected chi connectivity index (χ0v) is 14.6. The minimum Gasteiger partial charge on any atom is -0.382 e. The summed E-state index contributed by atoms with van der Waals surface area (Å²) in [5.41, 5.74) is 0. The van der Waals surface area contributed by atoms with Gasteiger partial charge in [0.1, 0.15) is 0 Å². The van der Waals surface area contributed by atoms with E-state index in [4.69, 9.17) is 21.1 Å². The van der Waals surface area contributed by atoms with Gasteiger partial charge in [-0.05, 0) is 18.6 Å². The van der Waals surface area contributed by atoms with Gasteiger partial charge in [-0.15, -0.1) is 11.3 Å². The van der Waals surface area contributed by atoms with Crippen LogP contribution in [0.5, 0.6) is 0 Å². The summed E-state index contributed by atoms with van der Waals surface area (Å²) in [6.07, 6.45) is 4.05. The van der Waals surface area contributed by atoms with E-state index in [2.05, 4.69) is 5.32 Å². The summed E-state index contributed by atoms with van der Waals surface area (Å²) in [6.45, 7) is 2.35. The van der Waals surface area contributed by atoms with E-state index in [-0.39, 0.29) is 5.91 Å². The number of benzene rings is 1. The van der Waals surface area contributed by atoms with Gasteiger partial charge in [0.05, 0.1) is 18.2 Å². The van der Waals surface area contributed by atoms with E-state index in [0.717, 1.165) is 21.4 Å². The van der Waals surface area contributed by atoms with Crippen LogP contribution in [0, 0.1) is 0 Å². The van der Waals surface area contributed by atoms with Crippen LogP contribution >= 0.6 is 22.9 Å². The molecule has 1 amide bonds. The van der Waals surface area contributed by atoms with Crippen LogP contribution in [0.25, 0.3) is 16.2 Å². The second-order valence-corrected chi connectivity index (χ2v) is 6.32. The number of amides is 1. The number of carbonyl (C=O) groups excluding carboxylic acids is 1. The van der Waals surface area contributed by atoms with Gasteiger partial charge in [0, 0.05) is 41.3 Å². The normalized spacial score (nSPS) is 11.4. The minimum absolute atomic E-state index is 0.129. The summed E-state index contributed by atoms with van der Waals surface area (Å²) < 4.78 is 11.3. The van der Waals surface area contributed by atoms with Gasteiger partial charge in [0.15, 0.2) is 0 Å². The zero-order valence-electron chi connectivity index (χ0n) is 13.0. The molecule has 0 saturated carbocycles. The van der Waals surface area contributed by atoms with Crippen molar-refractivity contribution in [2.45, 2.75) is 6.42 Å². The van der Waals surface area contributed by atoms with Gasteiger partial charge in [-0.25, -0.2) is 0 Å². The summed E-state index contributed by atoms with van der Waals surface area (Å²) in [7, 11) is 1.64. The fourth-order valence-corrected chi connectivity index (χ4v) is 3.38. The quantitative estimate of drug-likeness (QED) is 0.552. The molecule has 124 valence electrons. The minimum atomic E-state index is -0.129. The smallest absolute Gasteiger partial charge is 0.244 e. The van der Waals surface area contributed by atoms with Crippen molar-refractivity contribution < 1.29 is 14.3 Å². The predicted octanol–water partition coefficient (Wildman–Crippen LogP) is 3.74. The van der Waals surface area contributed by atoms with Crippen LogP contribution < -0.4 is 5.32 Å². The first-order valence-electron chi connectivity index (χ1n) is 7.42. The van der Waals surface area contributed by atoms with Crippen molar-refractivity contribution in [1.82, 2.24) is 5.32 Å². The Labute approximate surface area is 145 Å². The van der Waals surface area contributed by atoms with Crippen molar-refractivity contribution in [3.63, 3.8) is 0 Å². The largest absolute Gasteiger partial charge is 0.382 e. The predicted molar refractivity (Wildman–Crippen MR) is 96.2 cm³/mol. The van der Waals surface area contributed by atoms with Crippen molar-refractivity contribution in [1.29, 1.82) is 0 Å². The van der Waals surface area contributed by atoms with Crippen molar-refractivity contribution in [3.8, 4) is 0 Å². The Balaban J connectivity index is 1.76. The molecule has 0 saturated heterocycles. The second kappa shape index (κ2) is 9.67. The molecule has 0 fully saturated rings. The highest BCUT2D eigenvalue weighted by Gasteiger charge is 2.07. The highest BCUT2D eigenvalue weighted by atomic mass is 35.5. The fourth-order valence-electron chi connectivity index (χ4n) is 1.98. The van der Waals surface area contributed by atoms with E-state index in [0.29, 0.717) is 31.4 Å². The van der Waals surface area contributed by atoms with Crippen LogP contribution in [-0.2, 0) is 14.3 Å². The van der Waals surface area contributed by atoms with Gasteiger partial charge in [0.25, 0.3) is 0 Å². The Kier molecular flexibility index (Phi) is 7.55. The molecule has 0 atom stereocenters. The number of ether oxygens (including phenoxy) is 2. The molecular formula is C17H20ClNO3S. The molecule has 23 heavy (non-hydrogen) atoms. The first kappa shape index (κ1) is 17.9. The summed E-state index contributed by atoms with van der Waals surface area (Å²) in [5, 5.41) is 4.54. The molecule has 0 aliphatic carbocycles. The topological polar surface area (TPSA) is 47.6 Å². The van der Waals surface area contributed by atoms with Crippen LogP contribution in [0.2, 0.25) is 5.02 Å². The fraction of sp³-hybridized carbons (Fsp3) is 0.353. The Hall–Kier alpha value is -1.40. The highest BCUT2D eigenvalue weighted by molar-refractivity contribution is 7.20. The Morgan fingerprint density at radius 3 is 2.91 bits per heavy atom. The maximum Gasteiger partial charge on any atom is 0.244 e. The van der Waals surface area contributed by atoms with Crippen LogP contribution in [0.15, 0.2) is 30.3 Å². The number of hydrogen-bond donors (Lipinski definition) is 1. The lowest BCUT2D eigenvalue weighted by Gasteiger charge is -2.04. The Morgan fingerprint density at radius 2 is 2.13 bits per heavy atom. The molecule has 0 bridgehead atoms. The molecule has 0 aliphatic rings. The van der Waals surface area contributed by atoms with Gasteiger partial charge >= 0.3 is 0 Å². The van der Waals surface area contributed by atoms with Crippen LogP contribution in [-0.4, -0.2) is 39.4 Å². The molecule has 1 heterocycles. The summed E-state index contributed by atoms with van der Waals surface area (Å²) in [6, 6.07) is 7.93. The van der Waals surface area contributed by atoms with Gasteiger partial charge in [0.2, 0.25) is 5.91 Å². The number of fused-ring (bicyclic) bond motifs is 1. The number of thiophene rings is 1. The van der Waals surface area contributed by atoms with E-state index in [1.165, 1.54) is 6.08 Å². The monoisotopic (exact) mass is 353 g/mol. The van der Waals surface area contributed by atoms with Crippen molar-refractivity contribution in [3.05, 3.63) is 40.2 Å². The van der Waals surface area contributed by atoms with Crippen molar-refractivity contribution >= 4 is 45.0 Å². The maximum atomic E-state index is 11.8. The van der Waals surface area contributed by atoms with Crippen LogP contribution in [0.3, 0.4) is 0 Å². The number of rotatable bonds is 9. The van der Waals surface area contributed by atoms with E-state index in [1.807, 2.05) is 24.3 Å². The van der Waals surface area contributed by atoms with E-state index >= 15 is 0 Å². The third-order valence-corrected chi connectivity index (χ3v) is 4.80. The number of nitrogens with one attached hydrogen (secondary N) is 1. The molecule has 0 radical (unpaired) electrons. The van der Waals surface area contributed by atoms with Gasteiger partial charge in [-0.2, -0.15) is 0 Å². The summed E-state index contributed by atoms with van der Waals surface area (Å²) >= 11 is 7.90. The molecule has 0 spiro atoms. The van der Waals surface area contributed by atoms with Crippen LogP contribution in [0.4, 0.5) is 0 Å². The average Bonchev–Trinajstić information content (AvgIpc) is 2.89. The van der Waals surface area contributed by atoms with Gasteiger partial charge in [-0.1, -0.05) is 29.8 Å². The third kappa shape index (κ3) is 5.62. The van der Waals surface area contributed by atoms with Crippen molar-refractivity contribution in [2.24, 2.45) is 0 Å². The third-order valence-electron chi connectivity index (χ3n) is 3.14. The first-order chi connectivity index (χ1) is 11.2. The van der Waals surface area contributed by atoms with Crippen LogP contribution in [0.1, 0.15) is 11.3 Å². The molecule has 1 N–H and O–H groups in total. The molecule has 4 nitrogen and oxygen atoms in total. The second-order valence-electron chi connectivity index (χ2n) is 4.86. The number of halogens is 1. The number of carbonyl (C=O) groups is 1. The standard InChI is InChI=1S/C17H20ClNO3S/c1-21-11-12-22-10-4-9-19-16(20)8-7-15-17(18)13-5-2-3-6-14(13)23-15/h2-3,5-8H,4,9-12H2,1H3,(H,19,20)/b8-7+. The SMILES string of the molecule is COCCOCCCNC(=O)/C=C/c1sc2ccccc2c1Cl. The molecule has 1 aromatic heterocycles. The molecule has 6 heteroatoms. The Morgan fingerprint density at radius 1 is 1.30 bits per heavy atom. The van der Waals surface area contributed by atoms with E-state index in [1.54, 1.807) is 24.5 Å². The van der Waals surface area contributed by atoms with Gasteiger partial charge < -0.3 is 14.8 Å². The Bertz CT molecular complexity index is 669. The molecule has 1 aromatic carbocycles. The maximum absolute atomic E-state index is 11.8. The average molecular weight is 354 g/mol. The molecule has 2 rings (SSSR count). The molecule has 0 aliphatic heterocycles. The highest BCUT2D eigenvalue weighted by Crippen LogP contribution is 2.35. The molecular weight excluding hydrogens is 334 g/mol. The van der Waals surface area contributed by atoms with Crippen molar-refractivity contribution in [2.75, 3.05) is 33.5 Å². The zero-order chi connectivity index (χ0) is 16.5. The lowest BCUT2D eigenvalue weighted by molar-refractivity contribution is -0.116.